The summed E-state index contributed by atoms with van der Waals surface area (Å²) in [6, 6.07) is 6.43. The van der Waals surface area contributed by atoms with Gasteiger partial charge in [0.1, 0.15) is 5.82 Å². The van der Waals surface area contributed by atoms with Gasteiger partial charge in [-0.05, 0) is 24.5 Å². The van der Waals surface area contributed by atoms with Crippen LogP contribution in [-0.4, -0.2) is 9.97 Å². The van der Waals surface area contributed by atoms with Crippen LogP contribution in [0.25, 0.3) is 0 Å². The van der Waals surface area contributed by atoms with Crippen molar-refractivity contribution in [3.63, 3.8) is 0 Å². The Hall–Kier alpha value is -1.75. The average Bonchev–Trinajstić information content (AvgIpc) is 2.34. The van der Waals surface area contributed by atoms with E-state index >= 15 is 0 Å². The number of nitrogens with zero attached hydrogens (tertiary/aromatic N) is 2. The molecule has 0 aliphatic heterocycles. The summed E-state index contributed by atoms with van der Waals surface area (Å²) in [7, 11) is 0. The average molecular weight is 274 g/mol. The van der Waals surface area contributed by atoms with E-state index in [9.17, 15) is 0 Å². The van der Waals surface area contributed by atoms with Gasteiger partial charge in [-0.1, -0.05) is 43.3 Å². The first-order chi connectivity index (χ1) is 8.97. The minimum Gasteiger partial charge on any atom is -0.383 e. The molecule has 2 rings (SSSR count). The zero-order valence-corrected chi connectivity index (χ0v) is 12.2. The van der Waals surface area contributed by atoms with Gasteiger partial charge < -0.3 is 11.5 Å². The van der Waals surface area contributed by atoms with Crippen LogP contribution in [0, 0.1) is 6.92 Å². The second-order valence-corrected chi connectivity index (χ2v) is 5.86. The predicted octanol–water partition coefficient (Wildman–Crippen LogP) is 3.22. The van der Waals surface area contributed by atoms with Gasteiger partial charge >= 0.3 is 0 Å². The Morgan fingerprint density at radius 3 is 2.53 bits per heavy atom. The van der Waals surface area contributed by atoms with E-state index in [4.69, 9.17) is 11.5 Å². The second-order valence-electron chi connectivity index (χ2n) is 4.78. The van der Waals surface area contributed by atoms with Crippen LogP contribution < -0.4 is 11.5 Å². The van der Waals surface area contributed by atoms with Gasteiger partial charge in [0.25, 0.3) is 0 Å². The molecule has 0 amide bonds. The van der Waals surface area contributed by atoms with E-state index < -0.39 is 0 Å². The summed E-state index contributed by atoms with van der Waals surface area (Å²) in [5.74, 6) is 1.08. The smallest absolute Gasteiger partial charge is 0.221 e. The van der Waals surface area contributed by atoms with Crippen LogP contribution in [0.1, 0.15) is 30.9 Å². The van der Waals surface area contributed by atoms with Crippen molar-refractivity contribution in [1.82, 2.24) is 9.97 Å². The molecule has 0 saturated carbocycles. The van der Waals surface area contributed by atoms with E-state index in [0.717, 1.165) is 4.90 Å². The first kappa shape index (κ1) is 13.7. The largest absolute Gasteiger partial charge is 0.383 e. The summed E-state index contributed by atoms with van der Waals surface area (Å²) in [6.45, 7) is 6.46. The van der Waals surface area contributed by atoms with Gasteiger partial charge in [0, 0.05) is 11.1 Å². The summed E-state index contributed by atoms with van der Waals surface area (Å²) < 4.78 is 0. The first-order valence-electron chi connectivity index (χ1n) is 6.13. The Labute approximate surface area is 117 Å². The van der Waals surface area contributed by atoms with Crippen molar-refractivity contribution in [2.45, 2.75) is 36.5 Å². The van der Waals surface area contributed by atoms with E-state index in [1.165, 1.54) is 16.0 Å². The normalized spacial score (nSPS) is 10.9. The summed E-state index contributed by atoms with van der Waals surface area (Å²) >= 11 is 1.58. The van der Waals surface area contributed by atoms with Gasteiger partial charge in [-0.15, -0.1) is 0 Å². The quantitative estimate of drug-likeness (QED) is 0.898. The number of benzene rings is 1. The maximum Gasteiger partial charge on any atom is 0.221 e. The lowest BCUT2D eigenvalue weighted by Crippen LogP contribution is -2.00. The van der Waals surface area contributed by atoms with Crippen molar-refractivity contribution in [1.29, 1.82) is 0 Å². The monoisotopic (exact) mass is 274 g/mol. The van der Waals surface area contributed by atoms with Gasteiger partial charge in [-0.25, -0.2) is 4.98 Å². The number of nitrogens with two attached hydrogens (primary N) is 2. The molecule has 2 aromatic rings. The highest BCUT2D eigenvalue weighted by atomic mass is 32.2. The SMILES string of the molecule is Cc1ccc(Sc2cnc(N)nc2N)c(C(C)C)c1. The molecule has 1 aromatic carbocycles. The number of nitrogen functional groups attached to an aromatic ring is 2. The van der Waals surface area contributed by atoms with E-state index in [0.29, 0.717) is 11.7 Å². The highest BCUT2D eigenvalue weighted by Crippen LogP contribution is 2.36. The lowest BCUT2D eigenvalue weighted by molar-refractivity contribution is 0.840. The fourth-order valence-corrected chi connectivity index (χ4v) is 2.85. The number of anilines is 2. The fraction of sp³-hybridized carbons (Fsp3) is 0.286. The molecule has 0 spiro atoms. The van der Waals surface area contributed by atoms with Crippen LogP contribution in [0.5, 0.6) is 0 Å². The zero-order valence-electron chi connectivity index (χ0n) is 11.3. The third-order valence-electron chi connectivity index (χ3n) is 2.81. The molecule has 0 atom stereocenters. The van der Waals surface area contributed by atoms with Crippen molar-refractivity contribution < 1.29 is 0 Å². The number of aryl methyl sites for hydroxylation is 1. The Balaban J connectivity index is 2.38. The van der Waals surface area contributed by atoms with Crippen LogP contribution in [0.15, 0.2) is 34.2 Å². The molecular formula is C14H18N4S. The Morgan fingerprint density at radius 1 is 1.16 bits per heavy atom. The minimum absolute atomic E-state index is 0.204. The Kier molecular flexibility index (Phi) is 3.95. The van der Waals surface area contributed by atoms with E-state index in [-0.39, 0.29) is 5.95 Å². The molecule has 0 radical (unpaired) electrons. The molecule has 5 heteroatoms. The first-order valence-corrected chi connectivity index (χ1v) is 6.95. The standard InChI is InChI=1S/C14H18N4S/c1-8(2)10-6-9(3)4-5-11(10)19-12-7-17-14(16)18-13(12)15/h4-8H,1-3H3,(H4,15,16,17,18). The summed E-state index contributed by atoms with van der Waals surface area (Å²) in [5.41, 5.74) is 13.9. The second kappa shape index (κ2) is 5.48. The van der Waals surface area contributed by atoms with Crippen LogP contribution in [0.3, 0.4) is 0 Å². The van der Waals surface area contributed by atoms with E-state index in [1.54, 1.807) is 18.0 Å². The highest BCUT2D eigenvalue weighted by Gasteiger charge is 2.11. The molecule has 0 bridgehead atoms. The van der Waals surface area contributed by atoms with Gasteiger partial charge in [-0.2, -0.15) is 4.98 Å². The fourth-order valence-electron chi connectivity index (χ4n) is 1.81. The molecule has 4 N–H and O–H groups in total. The van der Waals surface area contributed by atoms with Crippen LogP contribution in [0.2, 0.25) is 0 Å². The minimum atomic E-state index is 0.204. The third-order valence-corrected chi connectivity index (χ3v) is 3.93. The van der Waals surface area contributed by atoms with Crippen LogP contribution in [0.4, 0.5) is 11.8 Å². The van der Waals surface area contributed by atoms with Crippen molar-refractivity contribution in [3.05, 3.63) is 35.5 Å². The Bertz CT molecular complexity index is 596. The topological polar surface area (TPSA) is 77.8 Å². The summed E-state index contributed by atoms with van der Waals surface area (Å²) in [6.07, 6.45) is 1.67. The molecule has 1 aromatic heterocycles. The number of hydrogen-bond acceptors (Lipinski definition) is 5. The van der Waals surface area contributed by atoms with Gasteiger partial charge in [-0.3, -0.25) is 0 Å². The lowest BCUT2D eigenvalue weighted by atomic mass is 10.0. The summed E-state index contributed by atoms with van der Waals surface area (Å²) in [5, 5.41) is 0. The summed E-state index contributed by atoms with van der Waals surface area (Å²) in [4.78, 5) is 9.99. The molecular weight excluding hydrogens is 256 g/mol. The maximum atomic E-state index is 5.87. The predicted molar refractivity (Wildman–Crippen MR) is 80.2 cm³/mol. The van der Waals surface area contributed by atoms with Crippen LogP contribution >= 0.6 is 11.8 Å². The lowest BCUT2D eigenvalue weighted by Gasteiger charge is -2.13. The third kappa shape index (κ3) is 3.17. The van der Waals surface area contributed by atoms with E-state index in [1.807, 2.05) is 0 Å². The molecule has 1 heterocycles. The van der Waals surface area contributed by atoms with E-state index in [2.05, 4.69) is 48.9 Å². The highest BCUT2D eigenvalue weighted by molar-refractivity contribution is 7.99. The van der Waals surface area contributed by atoms with Gasteiger partial charge in [0.05, 0.1) is 4.90 Å². The molecule has 0 saturated heterocycles. The molecule has 4 nitrogen and oxygen atoms in total. The van der Waals surface area contributed by atoms with Crippen LogP contribution in [-0.2, 0) is 0 Å². The van der Waals surface area contributed by atoms with Crippen molar-refractivity contribution in [3.8, 4) is 0 Å². The molecule has 0 aliphatic carbocycles. The number of aromatic nitrogens is 2. The molecule has 0 aliphatic rings. The maximum absolute atomic E-state index is 5.87. The number of rotatable bonds is 3. The van der Waals surface area contributed by atoms with Crippen molar-refractivity contribution >= 4 is 23.5 Å². The molecule has 100 valence electrons. The van der Waals surface area contributed by atoms with Gasteiger partial charge in [0.15, 0.2) is 0 Å². The molecule has 19 heavy (non-hydrogen) atoms. The zero-order chi connectivity index (χ0) is 14.0. The van der Waals surface area contributed by atoms with Gasteiger partial charge in [0.2, 0.25) is 5.95 Å². The number of hydrogen-bond donors (Lipinski definition) is 2. The van der Waals surface area contributed by atoms with Crippen molar-refractivity contribution in [2.75, 3.05) is 11.5 Å². The molecule has 0 unspecified atom stereocenters. The Morgan fingerprint density at radius 2 is 1.89 bits per heavy atom. The molecule has 0 fully saturated rings. The van der Waals surface area contributed by atoms with Crippen molar-refractivity contribution in [2.24, 2.45) is 0 Å².